The van der Waals surface area contributed by atoms with Gasteiger partial charge in [-0.05, 0) is 228 Å². The van der Waals surface area contributed by atoms with Crippen molar-refractivity contribution in [2.75, 3.05) is 66.6 Å². The summed E-state index contributed by atoms with van der Waals surface area (Å²) in [4.78, 5) is 38.6. The van der Waals surface area contributed by atoms with E-state index >= 15 is 0 Å². The molecule has 2 unspecified atom stereocenters. The van der Waals surface area contributed by atoms with Gasteiger partial charge in [0, 0.05) is 63.2 Å². The molecule has 9 N–H and O–H groups in total. The largest absolute Gasteiger partial charge is 0.504 e. The van der Waals surface area contributed by atoms with Gasteiger partial charge < -0.3 is 83.1 Å². The van der Waals surface area contributed by atoms with Gasteiger partial charge in [-0.3, -0.25) is 9.59 Å². The zero-order valence-electron chi connectivity index (χ0n) is 62.3. The number of halogens is 1. The van der Waals surface area contributed by atoms with Gasteiger partial charge in [0.2, 0.25) is 5.91 Å². The lowest BCUT2D eigenvalue weighted by molar-refractivity contribution is -0.133. The SMILES string of the molecule is COc1cc(-c2oc3ccc(CCC(=O)OP(F)P)cc3c2SC)ccc1O.COc1cc(-c2oc3ccc(CCC(N)=O)cc3c2SC)ccc1O.COc1cc(-c2oc3ccc(CCCN)cc3c2SC)ccc1O.COc1cc(-c2oc3ccc(CCCNC(=O)OCc4ccccc4)cc3c2SC)ccc1O. The van der Waals surface area contributed by atoms with Crippen LogP contribution in [0.15, 0.2) is 213 Å². The van der Waals surface area contributed by atoms with Crippen LogP contribution in [-0.4, -0.2) is 105 Å². The number of alkyl carbamates (subject to hydrolysis) is 1. The third-order valence-electron chi connectivity index (χ3n) is 17.7. The molecule has 20 nitrogen and oxygen atoms in total. The quantitative estimate of drug-likeness (QED) is 0.0136. The Morgan fingerprint density at radius 1 is 0.450 bits per heavy atom. The first kappa shape index (κ1) is 83.4. The van der Waals surface area contributed by atoms with E-state index in [2.05, 4.69) is 28.0 Å². The summed E-state index contributed by atoms with van der Waals surface area (Å²) in [5.74, 6) is 4.05. The van der Waals surface area contributed by atoms with Crippen LogP contribution < -0.4 is 35.7 Å². The molecule has 9 aromatic carbocycles. The topological polar surface area (TPSA) is 304 Å². The van der Waals surface area contributed by atoms with Crippen LogP contribution in [0, 0.1) is 0 Å². The van der Waals surface area contributed by atoms with Crippen LogP contribution >= 0.6 is 64.1 Å². The highest BCUT2D eigenvalue weighted by Gasteiger charge is 2.23. The number of fused-ring (bicyclic) bond motifs is 4. The molecule has 27 heteroatoms. The van der Waals surface area contributed by atoms with Gasteiger partial charge in [-0.15, -0.1) is 47.0 Å². The monoisotopic (exact) mass is 1620 g/mol. The van der Waals surface area contributed by atoms with Crippen molar-refractivity contribution in [3.63, 3.8) is 0 Å². The van der Waals surface area contributed by atoms with Crippen LogP contribution in [0.4, 0.5) is 8.99 Å². The number of aromatic hydroxyl groups is 4. The van der Waals surface area contributed by atoms with Gasteiger partial charge in [0.25, 0.3) is 8.15 Å². The van der Waals surface area contributed by atoms with Crippen LogP contribution in [0.5, 0.6) is 46.0 Å². The molecule has 0 aliphatic rings. The highest BCUT2D eigenvalue weighted by atomic mass is 32.2. The first-order valence-corrected chi connectivity index (χ1v) is 42.6. The Bertz CT molecular complexity index is 5380. The average Bonchev–Trinajstić information content (AvgIpc) is 1.66. The molecule has 0 bridgehead atoms. The van der Waals surface area contributed by atoms with Gasteiger partial charge >= 0.3 is 12.1 Å². The summed E-state index contributed by atoms with van der Waals surface area (Å²) in [6.45, 7) is 1.48. The van der Waals surface area contributed by atoms with E-state index in [1.54, 1.807) is 108 Å². The summed E-state index contributed by atoms with van der Waals surface area (Å²) in [7, 11) is 5.65. The van der Waals surface area contributed by atoms with Crippen molar-refractivity contribution in [1.29, 1.82) is 0 Å². The molecular weight excluding hydrogens is 1530 g/mol. The number of benzene rings is 9. The standard InChI is InChI=1S/C27H27NO5S.C19H19FO5P2S.C19H19NO4S.C19H21NO3S/c1-31-24-16-20(11-12-22(24)29)25-26(34-2)21-15-18(10-13-23(21)33-25)9-6-14-28-27(30)32-17-19-7-4-3-5-8-19;1-23-16-10-12(5-6-14(16)21)18-19(28-2)13-9-11(3-7-15(13)24-18)4-8-17(22)25-27(20)26;1-23-16-10-12(5-6-14(16)21)18-19(25-2)13-9-11(4-8-17(20)22)3-7-15(13)24-18;1-22-17-11-13(6-7-15(17)21)18-19(24-2)14-10-12(4-3-9-20)5-8-16(14)23-18/h3-5,7-8,10-13,15-16,29H,6,9,14,17H2,1-2H3,(H,28,30);3,5-7,9-10,21H,4,8,26H2,1-2H3;3,5-7,9-10,21H,4,8H2,1-2H3,(H2,20,22);5-8,10-11,21H,3-4,9,20H2,1-2H3. The number of carbonyl (C=O) groups excluding carboxylic acids is 3. The number of nitrogens with one attached hydrogen (secondary N) is 1. The Kier molecular flexibility index (Phi) is 30.2. The zero-order valence-corrected chi connectivity index (χ0v) is 67.6. The van der Waals surface area contributed by atoms with Crippen molar-refractivity contribution in [2.24, 2.45) is 11.5 Å². The number of primary amides is 1. The second kappa shape index (κ2) is 40.2. The number of aryl methyl sites for hydroxylation is 4. The second-order valence-corrected chi connectivity index (χ2v) is 30.1. The lowest BCUT2D eigenvalue weighted by atomic mass is 10.1. The molecule has 13 rings (SSSR count). The maximum atomic E-state index is 12.8. The van der Waals surface area contributed by atoms with E-state index in [9.17, 15) is 39.0 Å². The molecule has 111 heavy (non-hydrogen) atoms. The number of amides is 2. The molecule has 2 amide bonds. The maximum absolute atomic E-state index is 12.8. The lowest BCUT2D eigenvalue weighted by Gasteiger charge is -2.07. The number of phenols is 4. The Labute approximate surface area is 662 Å². The molecule has 580 valence electrons. The first-order chi connectivity index (χ1) is 53.7. The second-order valence-electron chi connectivity index (χ2n) is 24.9. The van der Waals surface area contributed by atoms with Gasteiger partial charge in [0.1, 0.15) is 52.0 Å². The Morgan fingerprint density at radius 2 is 0.784 bits per heavy atom. The van der Waals surface area contributed by atoms with Crippen molar-refractivity contribution >= 4 is 126 Å². The lowest BCUT2D eigenvalue weighted by Crippen LogP contribution is -2.25. The molecule has 0 aliphatic heterocycles. The first-order valence-electron chi connectivity index (χ1n) is 34.9. The fourth-order valence-corrected chi connectivity index (χ4v) is 15.7. The van der Waals surface area contributed by atoms with Gasteiger partial charge in [-0.2, -0.15) is 4.20 Å². The van der Waals surface area contributed by atoms with Crippen molar-refractivity contribution in [1.82, 2.24) is 5.32 Å². The zero-order chi connectivity index (χ0) is 79.3. The van der Waals surface area contributed by atoms with Gasteiger partial charge in [-0.25, -0.2) is 4.79 Å². The molecule has 4 heterocycles. The number of hydrogen-bond acceptors (Lipinski definition) is 22. The summed E-state index contributed by atoms with van der Waals surface area (Å²) in [5.41, 5.74) is 22.7. The maximum Gasteiger partial charge on any atom is 0.407 e. The number of methoxy groups -OCH3 is 4. The Hall–Kier alpha value is -10.1. The normalized spacial score (nSPS) is 11.3. The average molecular weight is 1620 g/mol. The van der Waals surface area contributed by atoms with Crippen molar-refractivity contribution in [2.45, 2.75) is 77.6 Å². The molecule has 0 saturated heterocycles. The number of rotatable bonds is 28. The van der Waals surface area contributed by atoms with E-state index in [-0.39, 0.29) is 41.9 Å². The number of phenolic OH excluding ortho intramolecular Hbond substituents is 4. The van der Waals surface area contributed by atoms with Crippen LogP contribution in [-0.2, 0) is 51.1 Å². The smallest absolute Gasteiger partial charge is 0.407 e. The van der Waals surface area contributed by atoms with Gasteiger partial charge in [-0.1, -0.05) is 54.6 Å². The van der Waals surface area contributed by atoms with Crippen molar-refractivity contribution in [3.8, 4) is 91.3 Å². The van der Waals surface area contributed by atoms with E-state index < -0.39 is 20.2 Å². The van der Waals surface area contributed by atoms with Crippen LogP contribution in [0.1, 0.15) is 53.5 Å². The van der Waals surface area contributed by atoms with Crippen LogP contribution in [0.2, 0.25) is 0 Å². The number of ether oxygens (including phenoxy) is 5. The van der Waals surface area contributed by atoms with E-state index in [0.717, 1.165) is 151 Å². The van der Waals surface area contributed by atoms with Crippen molar-refractivity contribution in [3.05, 3.63) is 204 Å². The minimum Gasteiger partial charge on any atom is -0.504 e. The van der Waals surface area contributed by atoms with E-state index in [1.807, 2.05) is 131 Å². The molecule has 4 aromatic heterocycles. The minimum atomic E-state index is -2.26. The molecule has 0 aliphatic carbocycles. The predicted molar refractivity (Wildman–Crippen MR) is 447 cm³/mol. The van der Waals surface area contributed by atoms with Crippen LogP contribution in [0.3, 0.4) is 0 Å². The summed E-state index contributed by atoms with van der Waals surface area (Å²) in [5, 5.41) is 46.2. The highest BCUT2D eigenvalue weighted by Crippen LogP contribution is 2.49. The highest BCUT2D eigenvalue weighted by molar-refractivity contribution is 8.08. The molecule has 0 fully saturated rings. The molecule has 2 atom stereocenters. The number of hydrogen-bond donors (Lipinski definition) is 7. The third kappa shape index (κ3) is 21.3. The number of nitrogens with two attached hydrogens (primary N) is 2. The fourth-order valence-electron chi connectivity index (χ4n) is 12.2. The van der Waals surface area contributed by atoms with Gasteiger partial charge in [0.15, 0.2) is 46.0 Å². The summed E-state index contributed by atoms with van der Waals surface area (Å²) in [6.07, 6.45) is 12.6. The third-order valence-corrected chi connectivity index (χ3v) is 21.6. The van der Waals surface area contributed by atoms with E-state index in [1.165, 1.54) is 34.0 Å². The summed E-state index contributed by atoms with van der Waals surface area (Å²) < 4.78 is 67.8. The summed E-state index contributed by atoms with van der Waals surface area (Å²) in [6, 6.07) is 54.3. The minimum absolute atomic E-state index is 0.0599. The molecule has 0 saturated carbocycles. The molecule has 0 spiro atoms. The van der Waals surface area contributed by atoms with Crippen LogP contribution in [0.25, 0.3) is 89.2 Å². The van der Waals surface area contributed by atoms with E-state index in [0.29, 0.717) is 61.1 Å². The predicted octanol–water partition coefficient (Wildman–Crippen LogP) is 20.9. The Morgan fingerprint density at radius 3 is 1.10 bits per heavy atom. The molecule has 13 aromatic rings. The molecular formula is C84H86FN3O17P2S4. The molecule has 0 radical (unpaired) electrons. The van der Waals surface area contributed by atoms with Crippen molar-refractivity contribution < 1.29 is 84.9 Å². The van der Waals surface area contributed by atoms with E-state index in [4.69, 9.17) is 52.8 Å². The van der Waals surface area contributed by atoms with Gasteiger partial charge in [0.05, 0.1) is 48.0 Å². The number of furan rings is 4. The number of thioether (sulfide) groups is 4. The number of carbonyl (C=O) groups is 3. The Balaban J connectivity index is 0.000000159. The summed E-state index contributed by atoms with van der Waals surface area (Å²) >= 11 is 6.41. The fraction of sp³-hybridized carbons (Fsp3) is 0.226.